The number of amides is 1. The molecule has 5 nitrogen and oxygen atoms in total. The summed E-state index contributed by atoms with van der Waals surface area (Å²) in [6.45, 7) is 6.52. The molecular formula is C18H30N2O3. The average molecular weight is 322 g/mol. The fourth-order valence-corrected chi connectivity index (χ4v) is 5.24. The van der Waals surface area contributed by atoms with Crippen LogP contribution in [0.4, 0.5) is 4.79 Å². The first kappa shape index (κ1) is 15.7. The van der Waals surface area contributed by atoms with E-state index in [0.29, 0.717) is 12.0 Å². The number of hydrogen-bond donors (Lipinski definition) is 2. The molecule has 23 heavy (non-hydrogen) atoms. The highest BCUT2D eigenvalue weighted by atomic mass is 16.6. The third-order valence-corrected chi connectivity index (χ3v) is 6.21. The summed E-state index contributed by atoms with van der Waals surface area (Å²) in [7, 11) is 0. The first-order chi connectivity index (χ1) is 10.9. The second-order valence-electron chi connectivity index (χ2n) is 8.93. The van der Waals surface area contributed by atoms with Crippen molar-refractivity contribution in [3.05, 3.63) is 0 Å². The molecule has 5 heteroatoms. The molecule has 1 aliphatic heterocycles. The zero-order valence-electron chi connectivity index (χ0n) is 14.5. The average Bonchev–Trinajstić information content (AvgIpc) is 3.15. The van der Waals surface area contributed by atoms with Crippen LogP contribution >= 0.6 is 0 Å². The molecule has 3 aliphatic carbocycles. The van der Waals surface area contributed by atoms with Crippen molar-refractivity contribution >= 4 is 6.09 Å². The number of alkyl carbamates (subject to hydrolysis) is 1. The normalized spacial score (nSPS) is 44.7. The number of carbonyl (C=O) groups is 1. The molecule has 0 radical (unpaired) electrons. The van der Waals surface area contributed by atoms with Crippen molar-refractivity contribution in [1.82, 2.24) is 10.6 Å². The van der Waals surface area contributed by atoms with Crippen LogP contribution < -0.4 is 10.6 Å². The molecule has 0 aromatic heterocycles. The van der Waals surface area contributed by atoms with Crippen molar-refractivity contribution in [3.8, 4) is 0 Å². The molecule has 0 aromatic rings. The molecule has 7 atom stereocenters. The second kappa shape index (κ2) is 5.62. The van der Waals surface area contributed by atoms with E-state index in [4.69, 9.17) is 9.47 Å². The Balaban J connectivity index is 1.37. The van der Waals surface area contributed by atoms with Gasteiger partial charge in [-0.25, -0.2) is 4.79 Å². The molecular weight excluding hydrogens is 292 g/mol. The van der Waals surface area contributed by atoms with Gasteiger partial charge in [0.25, 0.3) is 0 Å². The van der Waals surface area contributed by atoms with Crippen LogP contribution in [-0.4, -0.2) is 42.5 Å². The van der Waals surface area contributed by atoms with Crippen LogP contribution in [0.3, 0.4) is 0 Å². The minimum atomic E-state index is -0.451. The van der Waals surface area contributed by atoms with Gasteiger partial charge in [0.1, 0.15) is 5.60 Å². The maximum Gasteiger partial charge on any atom is 0.407 e. The number of rotatable bonds is 3. The van der Waals surface area contributed by atoms with E-state index in [1.165, 1.54) is 25.7 Å². The van der Waals surface area contributed by atoms with Gasteiger partial charge in [-0.3, -0.25) is 0 Å². The Hall–Kier alpha value is -0.810. The molecule has 1 saturated heterocycles. The topological polar surface area (TPSA) is 59.6 Å². The Morgan fingerprint density at radius 3 is 2.61 bits per heavy atom. The van der Waals surface area contributed by atoms with Gasteiger partial charge in [-0.15, -0.1) is 0 Å². The van der Waals surface area contributed by atoms with Crippen LogP contribution in [-0.2, 0) is 9.47 Å². The van der Waals surface area contributed by atoms with Crippen molar-refractivity contribution in [2.75, 3.05) is 6.61 Å². The van der Waals surface area contributed by atoms with Gasteiger partial charge >= 0.3 is 6.09 Å². The smallest absolute Gasteiger partial charge is 0.407 e. The number of ether oxygens (including phenoxy) is 2. The molecule has 130 valence electrons. The summed E-state index contributed by atoms with van der Waals surface area (Å²) in [5.74, 6) is 2.20. The standard InChI is InChI=1S/C18H30N2O3/c1-18(2,3)23-17(21)20-14-12-6-7-22-16(12)15(14)19-13-9-10-4-5-11(13)8-10/h10-16,19H,4-9H2,1-3H3,(H,20,21). The van der Waals surface area contributed by atoms with Gasteiger partial charge in [0, 0.05) is 18.6 Å². The zero-order chi connectivity index (χ0) is 16.2. The molecule has 7 unspecified atom stereocenters. The summed E-state index contributed by atoms with van der Waals surface area (Å²) in [5, 5.41) is 6.95. The van der Waals surface area contributed by atoms with Gasteiger partial charge in [-0.2, -0.15) is 0 Å². The van der Waals surface area contributed by atoms with Gasteiger partial charge in [-0.05, 0) is 58.3 Å². The first-order valence-electron chi connectivity index (χ1n) is 9.28. The fraction of sp³-hybridized carbons (Fsp3) is 0.944. The molecule has 2 bridgehead atoms. The van der Waals surface area contributed by atoms with E-state index in [0.717, 1.165) is 24.9 Å². The molecule has 0 aromatic carbocycles. The van der Waals surface area contributed by atoms with E-state index < -0.39 is 5.60 Å². The summed E-state index contributed by atoms with van der Waals surface area (Å²) in [4.78, 5) is 12.2. The minimum Gasteiger partial charge on any atom is -0.444 e. The number of fused-ring (bicyclic) bond motifs is 3. The quantitative estimate of drug-likeness (QED) is 0.838. The number of hydrogen-bond acceptors (Lipinski definition) is 4. The SMILES string of the molecule is CC(C)(C)OC(=O)NC1C2CCOC2C1NC1CC2CCC1C2. The molecule has 2 N–H and O–H groups in total. The van der Waals surface area contributed by atoms with E-state index >= 15 is 0 Å². The van der Waals surface area contributed by atoms with Crippen molar-refractivity contribution in [1.29, 1.82) is 0 Å². The zero-order valence-corrected chi connectivity index (χ0v) is 14.5. The highest BCUT2D eigenvalue weighted by Crippen LogP contribution is 2.46. The van der Waals surface area contributed by atoms with Crippen LogP contribution in [0.5, 0.6) is 0 Å². The molecule has 4 aliphatic rings. The lowest BCUT2D eigenvalue weighted by Gasteiger charge is -2.49. The van der Waals surface area contributed by atoms with E-state index in [2.05, 4.69) is 10.6 Å². The summed E-state index contributed by atoms with van der Waals surface area (Å²) >= 11 is 0. The molecule has 0 spiro atoms. The first-order valence-corrected chi connectivity index (χ1v) is 9.28. The van der Waals surface area contributed by atoms with Gasteiger partial charge in [-0.1, -0.05) is 6.42 Å². The van der Waals surface area contributed by atoms with E-state index in [9.17, 15) is 4.79 Å². The summed E-state index contributed by atoms with van der Waals surface area (Å²) in [6.07, 6.45) is 6.49. The summed E-state index contributed by atoms with van der Waals surface area (Å²) < 4.78 is 11.4. The van der Waals surface area contributed by atoms with Crippen molar-refractivity contribution in [3.63, 3.8) is 0 Å². The van der Waals surface area contributed by atoms with Crippen LogP contribution in [0, 0.1) is 17.8 Å². The largest absolute Gasteiger partial charge is 0.444 e. The van der Waals surface area contributed by atoms with E-state index in [1.54, 1.807) is 0 Å². The van der Waals surface area contributed by atoms with Crippen molar-refractivity contribution < 1.29 is 14.3 Å². The summed E-state index contributed by atoms with van der Waals surface area (Å²) in [6, 6.07) is 1.02. The Morgan fingerprint density at radius 2 is 1.96 bits per heavy atom. The van der Waals surface area contributed by atoms with E-state index in [1.807, 2.05) is 20.8 Å². The third kappa shape index (κ3) is 2.98. The second-order valence-corrected chi connectivity index (χ2v) is 8.93. The van der Waals surface area contributed by atoms with Gasteiger partial charge < -0.3 is 20.1 Å². The lowest BCUT2D eigenvalue weighted by molar-refractivity contribution is -0.0398. The van der Waals surface area contributed by atoms with Gasteiger partial charge in [0.15, 0.2) is 0 Å². The maximum atomic E-state index is 12.2. The van der Waals surface area contributed by atoms with Crippen LogP contribution in [0.25, 0.3) is 0 Å². The molecule has 1 heterocycles. The number of carbonyl (C=O) groups excluding carboxylic acids is 1. The molecule has 4 fully saturated rings. The van der Waals surface area contributed by atoms with Crippen LogP contribution in [0.1, 0.15) is 52.9 Å². The Kier molecular flexibility index (Phi) is 3.84. The third-order valence-electron chi connectivity index (χ3n) is 6.21. The van der Waals surface area contributed by atoms with Crippen LogP contribution in [0.2, 0.25) is 0 Å². The molecule has 4 rings (SSSR count). The lowest BCUT2D eigenvalue weighted by Crippen LogP contribution is -2.71. The Labute approximate surface area is 138 Å². The van der Waals surface area contributed by atoms with Gasteiger partial charge in [0.2, 0.25) is 0 Å². The number of nitrogens with one attached hydrogen (secondary N) is 2. The van der Waals surface area contributed by atoms with Crippen molar-refractivity contribution in [2.45, 2.75) is 82.7 Å². The monoisotopic (exact) mass is 322 g/mol. The Morgan fingerprint density at radius 1 is 1.13 bits per heavy atom. The predicted octanol–water partition coefficient (Wildman–Crippen LogP) is 2.45. The Bertz CT molecular complexity index is 475. The predicted molar refractivity (Wildman–Crippen MR) is 87.2 cm³/mol. The van der Waals surface area contributed by atoms with Crippen LogP contribution in [0.15, 0.2) is 0 Å². The van der Waals surface area contributed by atoms with Crippen molar-refractivity contribution in [2.24, 2.45) is 17.8 Å². The minimum absolute atomic E-state index is 0.150. The van der Waals surface area contributed by atoms with Gasteiger partial charge in [0.05, 0.1) is 18.2 Å². The lowest BCUT2D eigenvalue weighted by atomic mass is 9.71. The molecule has 3 saturated carbocycles. The highest BCUT2D eigenvalue weighted by molar-refractivity contribution is 5.68. The highest BCUT2D eigenvalue weighted by Gasteiger charge is 2.56. The summed E-state index contributed by atoms with van der Waals surface area (Å²) in [5.41, 5.74) is -0.451. The molecule has 1 amide bonds. The fourth-order valence-electron chi connectivity index (χ4n) is 5.24. The van der Waals surface area contributed by atoms with E-state index in [-0.39, 0.29) is 24.3 Å². The maximum absolute atomic E-state index is 12.2.